The maximum absolute atomic E-state index is 11.8. The van der Waals surface area contributed by atoms with Gasteiger partial charge in [0.25, 0.3) is 0 Å². The number of carboxylic acids is 1. The van der Waals surface area contributed by atoms with Gasteiger partial charge in [-0.2, -0.15) is 0 Å². The van der Waals surface area contributed by atoms with Gasteiger partial charge in [-0.05, 0) is 43.9 Å². The molecule has 4 nitrogen and oxygen atoms in total. The van der Waals surface area contributed by atoms with Crippen molar-refractivity contribution in [2.75, 3.05) is 0 Å². The minimum atomic E-state index is -0.930. The Morgan fingerprint density at radius 1 is 1.42 bits per heavy atom. The lowest BCUT2D eigenvalue weighted by Crippen LogP contribution is -2.57. The van der Waals surface area contributed by atoms with Gasteiger partial charge >= 0.3 is 5.97 Å². The molecule has 2 atom stereocenters. The van der Waals surface area contributed by atoms with Crippen molar-refractivity contribution in [1.82, 2.24) is 4.90 Å². The molecule has 2 unspecified atom stereocenters. The summed E-state index contributed by atoms with van der Waals surface area (Å²) in [5.74, 6) is 0.214. The summed E-state index contributed by atoms with van der Waals surface area (Å²) < 4.78 is 0. The van der Waals surface area contributed by atoms with Gasteiger partial charge in [-0.25, -0.2) is 4.79 Å². The maximum Gasteiger partial charge on any atom is 0.329 e. The molecule has 0 aliphatic heterocycles. The van der Waals surface area contributed by atoms with Crippen LogP contribution in [0.2, 0.25) is 0 Å². The number of hydrogen-bond donors (Lipinski definition) is 1. The zero-order chi connectivity index (χ0) is 14.0. The fraction of sp³-hybridized carbons (Fsp3) is 0.867. The lowest BCUT2D eigenvalue weighted by atomic mass is 9.72. The highest BCUT2D eigenvalue weighted by molar-refractivity contribution is 5.82. The third kappa shape index (κ3) is 2.93. The number of carbonyl (C=O) groups is 2. The van der Waals surface area contributed by atoms with E-state index in [2.05, 4.69) is 13.8 Å². The van der Waals surface area contributed by atoms with Crippen LogP contribution >= 0.6 is 0 Å². The summed E-state index contributed by atoms with van der Waals surface area (Å²) in [7, 11) is 0. The van der Waals surface area contributed by atoms with Crippen LogP contribution < -0.4 is 0 Å². The van der Waals surface area contributed by atoms with Crippen molar-refractivity contribution in [3.05, 3.63) is 0 Å². The molecule has 0 aromatic heterocycles. The summed E-state index contributed by atoms with van der Waals surface area (Å²) in [4.78, 5) is 24.9. The quantitative estimate of drug-likeness (QED) is 0.753. The molecule has 1 amide bonds. The SMILES string of the molecule is CC(C)CC1CCCC(C(=O)O)(N(C=O)C2CC2)C1. The molecule has 0 bridgehead atoms. The molecule has 2 fully saturated rings. The number of hydrogen-bond acceptors (Lipinski definition) is 2. The fourth-order valence-electron chi connectivity index (χ4n) is 3.66. The van der Waals surface area contributed by atoms with Crippen LogP contribution in [-0.4, -0.2) is 34.0 Å². The predicted octanol–water partition coefficient (Wildman–Crippen LogP) is 2.67. The predicted molar refractivity (Wildman–Crippen MR) is 72.7 cm³/mol. The van der Waals surface area contributed by atoms with E-state index in [1.807, 2.05) is 0 Å². The van der Waals surface area contributed by atoms with Gasteiger partial charge in [-0.15, -0.1) is 0 Å². The average Bonchev–Trinajstić information content (AvgIpc) is 3.13. The van der Waals surface area contributed by atoms with Crippen molar-refractivity contribution in [2.24, 2.45) is 11.8 Å². The molecule has 0 spiro atoms. The number of carbonyl (C=O) groups excluding carboxylic acids is 1. The molecular formula is C15H25NO3. The minimum Gasteiger partial charge on any atom is -0.479 e. The van der Waals surface area contributed by atoms with Crippen molar-refractivity contribution in [3.63, 3.8) is 0 Å². The Labute approximate surface area is 115 Å². The summed E-state index contributed by atoms with van der Waals surface area (Å²) in [5, 5.41) is 9.72. The van der Waals surface area contributed by atoms with Gasteiger partial charge in [0, 0.05) is 6.04 Å². The smallest absolute Gasteiger partial charge is 0.329 e. The first-order valence-corrected chi connectivity index (χ1v) is 7.46. The summed E-state index contributed by atoms with van der Waals surface area (Å²) in [6.07, 6.45) is 7.04. The zero-order valence-electron chi connectivity index (χ0n) is 12.0. The van der Waals surface area contributed by atoms with Crippen LogP contribution in [0.4, 0.5) is 0 Å². The fourth-order valence-corrected chi connectivity index (χ4v) is 3.66. The molecule has 2 saturated carbocycles. The Morgan fingerprint density at radius 3 is 2.58 bits per heavy atom. The first-order valence-electron chi connectivity index (χ1n) is 7.46. The van der Waals surface area contributed by atoms with E-state index in [-0.39, 0.29) is 6.04 Å². The highest BCUT2D eigenvalue weighted by atomic mass is 16.4. The largest absolute Gasteiger partial charge is 0.479 e. The van der Waals surface area contributed by atoms with Gasteiger partial charge in [0.1, 0.15) is 5.54 Å². The van der Waals surface area contributed by atoms with E-state index in [1.54, 1.807) is 4.90 Å². The Balaban J connectivity index is 2.18. The number of carboxylic acid groups (broad SMARTS) is 1. The van der Waals surface area contributed by atoms with E-state index in [0.29, 0.717) is 24.7 Å². The number of aliphatic carboxylic acids is 1. The second-order valence-corrected chi connectivity index (χ2v) is 6.67. The van der Waals surface area contributed by atoms with Gasteiger partial charge < -0.3 is 10.0 Å². The molecule has 0 aromatic rings. The van der Waals surface area contributed by atoms with Crippen molar-refractivity contribution in [1.29, 1.82) is 0 Å². The second kappa shape index (κ2) is 5.51. The van der Waals surface area contributed by atoms with E-state index in [0.717, 1.165) is 38.5 Å². The maximum atomic E-state index is 11.8. The average molecular weight is 267 g/mol. The van der Waals surface area contributed by atoms with E-state index in [9.17, 15) is 14.7 Å². The molecule has 0 radical (unpaired) electrons. The minimum absolute atomic E-state index is 0.173. The molecule has 2 aliphatic carbocycles. The number of amides is 1. The third-order valence-electron chi connectivity index (χ3n) is 4.58. The summed E-state index contributed by atoms with van der Waals surface area (Å²) >= 11 is 0. The van der Waals surface area contributed by atoms with Gasteiger partial charge in [-0.1, -0.05) is 26.7 Å². The van der Waals surface area contributed by atoms with E-state index in [1.165, 1.54) is 0 Å². The summed E-state index contributed by atoms with van der Waals surface area (Å²) in [6, 6.07) is 0.173. The van der Waals surface area contributed by atoms with Crippen molar-refractivity contribution >= 4 is 12.4 Å². The Morgan fingerprint density at radius 2 is 2.11 bits per heavy atom. The third-order valence-corrected chi connectivity index (χ3v) is 4.58. The van der Waals surface area contributed by atoms with Crippen LogP contribution in [0.15, 0.2) is 0 Å². The van der Waals surface area contributed by atoms with Crippen molar-refractivity contribution < 1.29 is 14.7 Å². The molecule has 0 saturated heterocycles. The Hall–Kier alpha value is -1.06. The monoisotopic (exact) mass is 267 g/mol. The molecule has 2 rings (SSSR count). The molecular weight excluding hydrogens is 242 g/mol. The topological polar surface area (TPSA) is 57.6 Å². The Kier molecular flexibility index (Phi) is 4.16. The number of rotatable bonds is 6. The molecule has 1 N–H and O–H groups in total. The first-order chi connectivity index (χ1) is 8.99. The molecule has 4 heteroatoms. The molecule has 108 valence electrons. The van der Waals surface area contributed by atoms with E-state index < -0.39 is 11.5 Å². The number of nitrogens with zero attached hydrogens (tertiary/aromatic N) is 1. The Bertz CT molecular complexity index is 351. The lowest BCUT2D eigenvalue weighted by molar-refractivity contribution is -0.160. The second-order valence-electron chi connectivity index (χ2n) is 6.67. The first kappa shape index (κ1) is 14.4. The summed E-state index contributed by atoms with van der Waals surface area (Å²) in [5.41, 5.74) is -0.930. The van der Waals surface area contributed by atoms with Crippen LogP contribution in [0.3, 0.4) is 0 Å². The highest BCUT2D eigenvalue weighted by Gasteiger charge is 2.51. The van der Waals surface area contributed by atoms with Gasteiger partial charge in [-0.3, -0.25) is 4.79 Å². The zero-order valence-corrected chi connectivity index (χ0v) is 12.0. The molecule has 0 aromatic carbocycles. The van der Waals surface area contributed by atoms with Gasteiger partial charge in [0.2, 0.25) is 6.41 Å². The van der Waals surface area contributed by atoms with E-state index in [4.69, 9.17) is 0 Å². The standard InChI is InChI=1S/C15H25NO3/c1-11(2)8-12-4-3-7-15(9-12,14(18)19)16(10-17)13-5-6-13/h10-13H,3-9H2,1-2H3,(H,18,19). The van der Waals surface area contributed by atoms with Crippen LogP contribution in [-0.2, 0) is 9.59 Å². The van der Waals surface area contributed by atoms with Gasteiger partial charge in [0.15, 0.2) is 0 Å². The van der Waals surface area contributed by atoms with Crippen LogP contribution in [0.5, 0.6) is 0 Å². The highest BCUT2D eigenvalue weighted by Crippen LogP contribution is 2.43. The van der Waals surface area contributed by atoms with Crippen LogP contribution in [0, 0.1) is 11.8 Å². The van der Waals surface area contributed by atoms with Crippen LogP contribution in [0.25, 0.3) is 0 Å². The molecule has 19 heavy (non-hydrogen) atoms. The van der Waals surface area contributed by atoms with Crippen LogP contribution in [0.1, 0.15) is 58.8 Å². The summed E-state index contributed by atoms with van der Waals surface area (Å²) in [6.45, 7) is 4.35. The molecule has 2 aliphatic rings. The lowest BCUT2D eigenvalue weighted by Gasteiger charge is -2.44. The van der Waals surface area contributed by atoms with Crippen molar-refractivity contribution in [2.45, 2.75) is 70.4 Å². The van der Waals surface area contributed by atoms with Crippen molar-refractivity contribution in [3.8, 4) is 0 Å². The van der Waals surface area contributed by atoms with E-state index >= 15 is 0 Å². The van der Waals surface area contributed by atoms with Gasteiger partial charge in [0.05, 0.1) is 0 Å². The normalized spacial score (nSPS) is 31.2. The molecule has 0 heterocycles.